The number of carbonyl (C=O) groups is 1. The SMILES string of the molecule is O=C1CC(OCCc2ccc(F)cc2)=Nc2ccncc21. The van der Waals surface area contributed by atoms with Crippen molar-refractivity contribution in [2.45, 2.75) is 12.8 Å². The number of hydrogen-bond donors (Lipinski definition) is 0. The Morgan fingerprint density at radius 1 is 1.19 bits per heavy atom. The normalized spacial score (nSPS) is 13.6. The Bertz CT molecular complexity index is 696. The van der Waals surface area contributed by atoms with Crippen LogP contribution in [0.2, 0.25) is 0 Å². The van der Waals surface area contributed by atoms with Gasteiger partial charge in [0.25, 0.3) is 0 Å². The van der Waals surface area contributed by atoms with Crippen molar-refractivity contribution in [2.75, 3.05) is 6.61 Å². The molecule has 0 aliphatic carbocycles. The summed E-state index contributed by atoms with van der Waals surface area (Å²) in [5.41, 5.74) is 2.10. The van der Waals surface area contributed by atoms with Gasteiger partial charge in [-0.05, 0) is 23.8 Å². The average Bonchev–Trinajstić information content (AvgIpc) is 2.49. The number of ether oxygens (including phenoxy) is 1. The van der Waals surface area contributed by atoms with Crippen LogP contribution in [0.1, 0.15) is 22.3 Å². The maximum Gasteiger partial charge on any atom is 0.196 e. The largest absolute Gasteiger partial charge is 0.480 e. The fourth-order valence-electron chi connectivity index (χ4n) is 2.13. The lowest BCUT2D eigenvalue weighted by molar-refractivity contribution is 0.0990. The highest BCUT2D eigenvalue weighted by atomic mass is 19.1. The lowest BCUT2D eigenvalue weighted by atomic mass is 10.1. The van der Waals surface area contributed by atoms with E-state index >= 15 is 0 Å². The van der Waals surface area contributed by atoms with Gasteiger partial charge < -0.3 is 4.74 Å². The molecule has 0 bridgehead atoms. The number of Topliss-reactive ketones (excluding diaryl/α,β-unsaturated/α-hetero) is 1. The van der Waals surface area contributed by atoms with Crippen LogP contribution in [-0.4, -0.2) is 23.3 Å². The average molecular weight is 284 g/mol. The molecule has 0 amide bonds. The smallest absolute Gasteiger partial charge is 0.196 e. The molecule has 2 aromatic rings. The van der Waals surface area contributed by atoms with Crippen molar-refractivity contribution in [1.29, 1.82) is 0 Å². The molecule has 106 valence electrons. The predicted molar refractivity (Wildman–Crippen MR) is 76.3 cm³/mol. The Hall–Kier alpha value is -2.56. The lowest BCUT2D eigenvalue weighted by Gasteiger charge is -2.14. The van der Waals surface area contributed by atoms with Gasteiger partial charge in [-0.3, -0.25) is 9.78 Å². The third-order valence-electron chi connectivity index (χ3n) is 3.23. The maximum atomic E-state index is 12.8. The summed E-state index contributed by atoms with van der Waals surface area (Å²) in [7, 11) is 0. The van der Waals surface area contributed by atoms with E-state index in [1.165, 1.54) is 18.3 Å². The van der Waals surface area contributed by atoms with Crippen molar-refractivity contribution in [3.05, 3.63) is 59.7 Å². The molecule has 0 unspecified atom stereocenters. The Kier molecular flexibility index (Phi) is 3.73. The minimum atomic E-state index is -0.257. The summed E-state index contributed by atoms with van der Waals surface area (Å²) in [5, 5.41) is 0. The molecule has 3 rings (SSSR count). The van der Waals surface area contributed by atoms with Gasteiger partial charge >= 0.3 is 0 Å². The minimum absolute atomic E-state index is 0.0371. The fourth-order valence-corrected chi connectivity index (χ4v) is 2.13. The molecule has 21 heavy (non-hydrogen) atoms. The Balaban J connectivity index is 1.63. The number of halogens is 1. The first-order valence-corrected chi connectivity index (χ1v) is 6.64. The van der Waals surface area contributed by atoms with E-state index in [1.54, 1.807) is 24.4 Å². The zero-order valence-electron chi connectivity index (χ0n) is 11.3. The summed E-state index contributed by atoms with van der Waals surface area (Å²) in [6, 6.07) is 7.96. The molecule has 0 radical (unpaired) electrons. The van der Waals surface area contributed by atoms with Crippen LogP contribution in [0, 0.1) is 5.82 Å². The molecule has 4 nitrogen and oxygen atoms in total. The van der Waals surface area contributed by atoms with Crippen molar-refractivity contribution >= 4 is 17.4 Å². The van der Waals surface area contributed by atoms with E-state index < -0.39 is 0 Å². The van der Waals surface area contributed by atoms with Crippen molar-refractivity contribution in [3.63, 3.8) is 0 Å². The third kappa shape index (κ3) is 3.13. The molecule has 0 fully saturated rings. The Morgan fingerprint density at radius 3 is 2.81 bits per heavy atom. The van der Waals surface area contributed by atoms with Gasteiger partial charge in [0.05, 0.1) is 24.3 Å². The van der Waals surface area contributed by atoms with Gasteiger partial charge in [-0.25, -0.2) is 9.38 Å². The third-order valence-corrected chi connectivity index (χ3v) is 3.23. The predicted octanol–water partition coefficient (Wildman–Crippen LogP) is 3.10. The maximum absolute atomic E-state index is 12.8. The molecule has 1 aliphatic rings. The second-order valence-corrected chi connectivity index (χ2v) is 4.72. The number of rotatable bonds is 3. The second kappa shape index (κ2) is 5.83. The summed E-state index contributed by atoms with van der Waals surface area (Å²) in [4.78, 5) is 20.2. The van der Waals surface area contributed by atoms with Crippen molar-refractivity contribution < 1.29 is 13.9 Å². The second-order valence-electron chi connectivity index (χ2n) is 4.72. The van der Waals surface area contributed by atoms with Gasteiger partial charge in [0.1, 0.15) is 5.82 Å². The topological polar surface area (TPSA) is 51.5 Å². The van der Waals surface area contributed by atoms with E-state index in [0.29, 0.717) is 30.2 Å². The molecule has 0 saturated carbocycles. The van der Waals surface area contributed by atoms with E-state index in [4.69, 9.17) is 4.74 Å². The number of aromatic nitrogens is 1. The summed E-state index contributed by atoms with van der Waals surface area (Å²) in [6.07, 6.45) is 3.91. The number of benzene rings is 1. The molecule has 2 heterocycles. The van der Waals surface area contributed by atoms with Gasteiger partial charge in [-0.2, -0.15) is 0 Å². The van der Waals surface area contributed by atoms with E-state index in [1.807, 2.05) is 0 Å². The van der Waals surface area contributed by atoms with Crippen LogP contribution in [0.5, 0.6) is 0 Å². The van der Waals surface area contributed by atoms with E-state index in [0.717, 1.165) is 5.56 Å². The molecule has 1 aromatic carbocycles. The highest BCUT2D eigenvalue weighted by molar-refractivity contribution is 6.13. The van der Waals surface area contributed by atoms with Crippen LogP contribution in [0.15, 0.2) is 47.7 Å². The number of hydrogen-bond acceptors (Lipinski definition) is 4. The Labute approximate surface area is 121 Å². The van der Waals surface area contributed by atoms with Gasteiger partial charge in [-0.15, -0.1) is 0 Å². The van der Waals surface area contributed by atoms with Crippen LogP contribution in [0.25, 0.3) is 0 Å². The number of nitrogens with zero attached hydrogens (tertiary/aromatic N) is 2. The number of pyridine rings is 1. The van der Waals surface area contributed by atoms with Crippen LogP contribution >= 0.6 is 0 Å². The first kappa shape index (κ1) is 13.4. The summed E-state index contributed by atoms with van der Waals surface area (Å²) in [5.74, 6) is 0.123. The van der Waals surface area contributed by atoms with E-state index in [-0.39, 0.29) is 18.0 Å². The summed E-state index contributed by atoms with van der Waals surface area (Å²) >= 11 is 0. The number of fused-ring (bicyclic) bond motifs is 1. The first-order valence-electron chi connectivity index (χ1n) is 6.64. The molecular weight excluding hydrogens is 271 g/mol. The van der Waals surface area contributed by atoms with E-state index in [2.05, 4.69) is 9.98 Å². The first-order chi connectivity index (χ1) is 10.2. The van der Waals surface area contributed by atoms with Crippen LogP contribution < -0.4 is 0 Å². The van der Waals surface area contributed by atoms with Gasteiger partial charge in [0, 0.05) is 18.8 Å². The van der Waals surface area contributed by atoms with Gasteiger partial charge in [-0.1, -0.05) is 12.1 Å². The molecule has 0 saturated heterocycles. The summed E-state index contributed by atoms with van der Waals surface area (Å²) in [6.45, 7) is 0.401. The number of carbonyl (C=O) groups excluding carboxylic acids is 1. The van der Waals surface area contributed by atoms with Gasteiger partial charge in [0.15, 0.2) is 11.7 Å². The Morgan fingerprint density at radius 2 is 2.00 bits per heavy atom. The molecule has 0 spiro atoms. The highest BCUT2D eigenvalue weighted by Gasteiger charge is 2.20. The molecule has 0 N–H and O–H groups in total. The molecule has 1 aromatic heterocycles. The van der Waals surface area contributed by atoms with Crippen molar-refractivity contribution in [3.8, 4) is 0 Å². The number of aliphatic imine (C=N–C) groups is 1. The lowest BCUT2D eigenvalue weighted by Crippen LogP contribution is -2.17. The van der Waals surface area contributed by atoms with Crippen LogP contribution in [-0.2, 0) is 11.2 Å². The van der Waals surface area contributed by atoms with Crippen molar-refractivity contribution in [2.24, 2.45) is 4.99 Å². The standard InChI is InChI=1S/C16H13FN2O2/c17-12-3-1-11(2-4-12)6-8-21-16-9-15(20)13-10-18-7-5-14(13)19-16/h1-5,7,10H,6,8-9H2. The monoisotopic (exact) mass is 284 g/mol. The summed E-state index contributed by atoms with van der Waals surface area (Å²) < 4.78 is 18.3. The van der Waals surface area contributed by atoms with Crippen LogP contribution in [0.4, 0.5) is 10.1 Å². The molecule has 1 aliphatic heterocycles. The van der Waals surface area contributed by atoms with E-state index in [9.17, 15) is 9.18 Å². The molecular formula is C16H13FN2O2. The zero-order valence-corrected chi connectivity index (χ0v) is 11.3. The van der Waals surface area contributed by atoms with Gasteiger partial charge in [0.2, 0.25) is 0 Å². The van der Waals surface area contributed by atoms with Crippen LogP contribution in [0.3, 0.4) is 0 Å². The zero-order chi connectivity index (χ0) is 14.7. The highest BCUT2D eigenvalue weighted by Crippen LogP contribution is 2.24. The minimum Gasteiger partial charge on any atom is -0.480 e. The fraction of sp³-hybridized carbons (Fsp3) is 0.188. The molecule has 5 heteroatoms. The molecule has 0 atom stereocenters. The van der Waals surface area contributed by atoms with Crippen molar-refractivity contribution in [1.82, 2.24) is 4.98 Å². The number of ketones is 1. The quantitative estimate of drug-likeness (QED) is 0.870.